The number of aliphatic hydroxyl groups excluding tert-OH is 3. The van der Waals surface area contributed by atoms with Crippen LogP contribution in [0.3, 0.4) is 0 Å². The van der Waals surface area contributed by atoms with Crippen LogP contribution in [0.25, 0.3) is 0 Å². The zero-order valence-electron chi connectivity index (χ0n) is 18.6. The fourth-order valence-electron chi connectivity index (χ4n) is 8.86. The molecular weight excluding hydrogens is 348 g/mol. The van der Waals surface area contributed by atoms with Gasteiger partial charge in [-0.05, 0) is 91.3 Å². The maximum absolute atomic E-state index is 11.5. The molecule has 4 aliphatic carbocycles. The number of unbranched alkanes of at least 4 members (excludes halogenated alkanes) is 1. The summed E-state index contributed by atoms with van der Waals surface area (Å²) in [7, 11) is 0. The predicted octanol–water partition coefficient (Wildman–Crippen LogP) is 4.77. The highest BCUT2D eigenvalue weighted by Gasteiger charge is 2.65. The second kappa shape index (κ2) is 7.54. The summed E-state index contributed by atoms with van der Waals surface area (Å²) in [6.45, 7) is 9.45. The lowest BCUT2D eigenvalue weighted by Crippen LogP contribution is -2.62. The molecule has 3 heteroatoms. The molecule has 2 unspecified atom stereocenters. The molecule has 0 bridgehead atoms. The topological polar surface area (TPSA) is 60.7 Å². The number of fused-ring (bicyclic) bond motifs is 5. The molecule has 162 valence electrons. The van der Waals surface area contributed by atoms with Crippen molar-refractivity contribution < 1.29 is 15.3 Å². The SMILES string of the molecule is CCCC[C@@H](C)[C@H]1CC[C@H]2C3[C@H](O)CC4C[C@H](O)CC[C@]4(C)[C@H]3C[C@H](O)[C@]12C. The number of hydrogen-bond donors (Lipinski definition) is 3. The van der Waals surface area contributed by atoms with Gasteiger partial charge >= 0.3 is 0 Å². The molecule has 0 heterocycles. The van der Waals surface area contributed by atoms with Crippen LogP contribution in [0.15, 0.2) is 0 Å². The highest BCUT2D eigenvalue weighted by Crippen LogP contribution is 2.68. The van der Waals surface area contributed by atoms with E-state index >= 15 is 0 Å². The van der Waals surface area contributed by atoms with E-state index in [0.29, 0.717) is 35.5 Å². The maximum atomic E-state index is 11.5. The van der Waals surface area contributed by atoms with Gasteiger partial charge in [0.15, 0.2) is 0 Å². The van der Waals surface area contributed by atoms with Crippen LogP contribution in [-0.2, 0) is 0 Å². The first kappa shape index (κ1) is 21.1. The summed E-state index contributed by atoms with van der Waals surface area (Å²) in [5.41, 5.74) is 0.143. The zero-order valence-corrected chi connectivity index (χ0v) is 18.6. The number of hydrogen-bond acceptors (Lipinski definition) is 3. The van der Waals surface area contributed by atoms with Gasteiger partial charge in [-0.2, -0.15) is 0 Å². The smallest absolute Gasteiger partial charge is 0.0602 e. The summed E-state index contributed by atoms with van der Waals surface area (Å²) < 4.78 is 0. The molecule has 0 spiro atoms. The van der Waals surface area contributed by atoms with Crippen molar-refractivity contribution in [3.63, 3.8) is 0 Å². The van der Waals surface area contributed by atoms with Gasteiger partial charge in [0.25, 0.3) is 0 Å². The average Bonchev–Trinajstić information content (AvgIpc) is 3.01. The van der Waals surface area contributed by atoms with E-state index in [9.17, 15) is 15.3 Å². The van der Waals surface area contributed by atoms with Gasteiger partial charge in [0.2, 0.25) is 0 Å². The van der Waals surface area contributed by atoms with Gasteiger partial charge in [0.1, 0.15) is 0 Å². The molecule has 4 aliphatic rings. The Morgan fingerprint density at radius 2 is 1.71 bits per heavy atom. The Balaban J connectivity index is 1.62. The minimum Gasteiger partial charge on any atom is -0.393 e. The standard InChI is InChI=1S/C25H44O3/c1-5-6-7-15(2)18-8-9-19-23-20(14-22(28)25(18,19)4)24(3)11-10-17(26)12-16(24)13-21(23)27/h15-23,26-28H,5-14H2,1-4H3/t15-,16?,17-,18-,19+,20+,21-,22+,23?,24+,25-/m1/s1. The Labute approximate surface area is 172 Å². The van der Waals surface area contributed by atoms with E-state index in [2.05, 4.69) is 27.7 Å². The van der Waals surface area contributed by atoms with Crippen LogP contribution in [0.4, 0.5) is 0 Å². The molecule has 4 rings (SSSR count). The van der Waals surface area contributed by atoms with Crippen LogP contribution in [0.5, 0.6) is 0 Å². The van der Waals surface area contributed by atoms with Crippen LogP contribution < -0.4 is 0 Å². The van der Waals surface area contributed by atoms with Crippen molar-refractivity contribution in [2.45, 2.75) is 110 Å². The summed E-state index contributed by atoms with van der Waals surface area (Å²) in [6.07, 6.45) is 9.99. The number of aliphatic hydroxyl groups is 3. The normalized spacial score (nSPS) is 54.5. The molecular formula is C25H44O3. The highest BCUT2D eigenvalue weighted by atomic mass is 16.3. The van der Waals surface area contributed by atoms with Crippen molar-refractivity contribution in [3.05, 3.63) is 0 Å². The van der Waals surface area contributed by atoms with Crippen LogP contribution in [0.1, 0.15) is 91.9 Å². The molecule has 0 aromatic heterocycles. The fraction of sp³-hybridized carbons (Fsp3) is 1.00. The molecule has 0 saturated heterocycles. The van der Waals surface area contributed by atoms with Crippen molar-refractivity contribution in [2.24, 2.45) is 46.3 Å². The fourth-order valence-corrected chi connectivity index (χ4v) is 8.86. The monoisotopic (exact) mass is 392 g/mol. The minimum absolute atomic E-state index is 0.0350. The molecule has 3 N–H and O–H groups in total. The molecule has 0 aromatic carbocycles. The van der Waals surface area contributed by atoms with E-state index in [1.165, 1.54) is 32.1 Å². The summed E-state index contributed by atoms with van der Waals surface area (Å²) in [4.78, 5) is 0. The lowest BCUT2D eigenvalue weighted by atomic mass is 9.43. The van der Waals surface area contributed by atoms with Crippen LogP contribution in [0.2, 0.25) is 0 Å². The first-order valence-corrected chi connectivity index (χ1v) is 12.3. The molecule has 11 atom stereocenters. The van der Waals surface area contributed by atoms with Gasteiger partial charge < -0.3 is 15.3 Å². The van der Waals surface area contributed by atoms with Gasteiger partial charge in [0.05, 0.1) is 18.3 Å². The van der Waals surface area contributed by atoms with Gasteiger partial charge in [-0.1, -0.05) is 47.0 Å². The Morgan fingerprint density at radius 1 is 0.964 bits per heavy atom. The molecule has 28 heavy (non-hydrogen) atoms. The third-order valence-corrected chi connectivity index (χ3v) is 10.5. The van der Waals surface area contributed by atoms with Crippen LogP contribution >= 0.6 is 0 Å². The predicted molar refractivity (Wildman–Crippen MR) is 113 cm³/mol. The molecule has 0 amide bonds. The van der Waals surface area contributed by atoms with Crippen molar-refractivity contribution in [1.29, 1.82) is 0 Å². The van der Waals surface area contributed by atoms with Crippen molar-refractivity contribution in [3.8, 4) is 0 Å². The second-order valence-electron chi connectivity index (χ2n) is 11.6. The van der Waals surface area contributed by atoms with E-state index in [1.54, 1.807) is 0 Å². The van der Waals surface area contributed by atoms with Gasteiger partial charge in [-0.3, -0.25) is 0 Å². The van der Waals surface area contributed by atoms with Crippen molar-refractivity contribution in [2.75, 3.05) is 0 Å². The Bertz CT molecular complexity index is 564. The van der Waals surface area contributed by atoms with E-state index in [4.69, 9.17) is 0 Å². The summed E-state index contributed by atoms with van der Waals surface area (Å²) in [5, 5.41) is 33.1. The Kier molecular flexibility index (Phi) is 5.69. The first-order chi connectivity index (χ1) is 13.2. The summed E-state index contributed by atoms with van der Waals surface area (Å²) in [5.74, 6) is 2.86. The van der Waals surface area contributed by atoms with Crippen LogP contribution in [0, 0.1) is 46.3 Å². The van der Waals surface area contributed by atoms with E-state index in [1.807, 2.05) is 0 Å². The Morgan fingerprint density at radius 3 is 2.43 bits per heavy atom. The quantitative estimate of drug-likeness (QED) is 0.645. The van der Waals surface area contributed by atoms with E-state index < -0.39 is 0 Å². The zero-order chi connectivity index (χ0) is 20.3. The lowest BCUT2D eigenvalue weighted by Gasteiger charge is -2.63. The van der Waals surface area contributed by atoms with Gasteiger partial charge in [-0.15, -0.1) is 0 Å². The Hall–Kier alpha value is -0.120. The van der Waals surface area contributed by atoms with Crippen molar-refractivity contribution >= 4 is 0 Å². The molecule has 0 aliphatic heterocycles. The maximum Gasteiger partial charge on any atom is 0.0602 e. The van der Waals surface area contributed by atoms with E-state index in [-0.39, 0.29) is 29.1 Å². The van der Waals surface area contributed by atoms with Gasteiger partial charge in [-0.25, -0.2) is 0 Å². The molecule has 3 nitrogen and oxygen atoms in total. The number of rotatable bonds is 4. The molecule has 0 radical (unpaired) electrons. The largest absolute Gasteiger partial charge is 0.393 e. The average molecular weight is 393 g/mol. The van der Waals surface area contributed by atoms with Gasteiger partial charge in [0, 0.05) is 0 Å². The molecule has 4 fully saturated rings. The van der Waals surface area contributed by atoms with Crippen molar-refractivity contribution in [1.82, 2.24) is 0 Å². The second-order valence-corrected chi connectivity index (χ2v) is 11.6. The highest BCUT2D eigenvalue weighted by molar-refractivity contribution is 5.14. The minimum atomic E-state index is -0.255. The van der Waals surface area contributed by atoms with E-state index in [0.717, 1.165) is 32.1 Å². The summed E-state index contributed by atoms with van der Waals surface area (Å²) in [6, 6.07) is 0. The first-order valence-electron chi connectivity index (χ1n) is 12.3. The molecule has 4 saturated carbocycles. The van der Waals surface area contributed by atoms with Crippen LogP contribution in [-0.4, -0.2) is 33.6 Å². The third kappa shape index (κ3) is 3.02. The summed E-state index contributed by atoms with van der Waals surface area (Å²) >= 11 is 0. The molecule has 0 aromatic rings. The lowest BCUT2D eigenvalue weighted by molar-refractivity contribution is -0.207. The third-order valence-electron chi connectivity index (χ3n) is 10.5.